The number of thiophene rings is 1. The number of benzene rings is 1. The predicted octanol–water partition coefficient (Wildman–Crippen LogP) is 4.02. The van der Waals surface area contributed by atoms with E-state index < -0.39 is 6.04 Å². The van der Waals surface area contributed by atoms with Gasteiger partial charge in [-0.1, -0.05) is 18.2 Å². The molecule has 0 aliphatic heterocycles. The van der Waals surface area contributed by atoms with Crippen LogP contribution in [0.5, 0.6) is 0 Å². The minimum absolute atomic E-state index is 0.162. The topological polar surface area (TPSA) is 71.9 Å². The van der Waals surface area contributed by atoms with Crippen molar-refractivity contribution < 1.29 is 9.53 Å². The first kappa shape index (κ1) is 17.5. The van der Waals surface area contributed by atoms with Gasteiger partial charge in [-0.15, -0.1) is 11.3 Å². The fraction of sp³-hybridized carbons (Fsp3) is 0.235. The molecule has 8 heteroatoms. The molecular weight excluding hydrogens is 356 g/mol. The van der Waals surface area contributed by atoms with Gasteiger partial charge in [0.2, 0.25) is 5.91 Å². The average molecular weight is 374 g/mol. The van der Waals surface area contributed by atoms with Crippen LogP contribution in [0.2, 0.25) is 0 Å². The second-order valence-corrected chi connectivity index (χ2v) is 6.83. The summed E-state index contributed by atoms with van der Waals surface area (Å²) in [7, 11) is 1.64. The van der Waals surface area contributed by atoms with Crippen molar-refractivity contribution in [1.29, 1.82) is 0 Å². The van der Waals surface area contributed by atoms with Crippen LogP contribution in [0.3, 0.4) is 0 Å². The van der Waals surface area contributed by atoms with E-state index in [9.17, 15) is 4.79 Å². The highest BCUT2D eigenvalue weighted by molar-refractivity contribution is 7.71. The summed E-state index contributed by atoms with van der Waals surface area (Å²) in [6, 6.07) is 11.0. The Balaban J connectivity index is 1.83. The molecule has 3 rings (SSSR count). The summed E-state index contributed by atoms with van der Waals surface area (Å²) < 4.78 is 7.27. The molecule has 1 unspecified atom stereocenters. The molecule has 1 atom stereocenters. The highest BCUT2D eigenvalue weighted by Gasteiger charge is 2.21. The van der Waals surface area contributed by atoms with Gasteiger partial charge in [0.05, 0.1) is 11.5 Å². The van der Waals surface area contributed by atoms with Crippen molar-refractivity contribution in [1.82, 2.24) is 14.8 Å². The number of nitrogens with one attached hydrogen (secondary N) is 2. The molecular formula is C17H18N4O2S2. The van der Waals surface area contributed by atoms with Gasteiger partial charge in [0.1, 0.15) is 6.04 Å². The predicted molar refractivity (Wildman–Crippen MR) is 101 cm³/mol. The quantitative estimate of drug-likeness (QED) is 0.640. The molecule has 0 fully saturated rings. The molecule has 0 aliphatic carbocycles. The van der Waals surface area contributed by atoms with E-state index in [4.69, 9.17) is 17.0 Å². The van der Waals surface area contributed by atoms with Crippen LogP contribution in [-0.2, 0) is 16.1 Å². The number of methoxy groups -OCH3 is 1. The summed E-state index contributed by atoms with van der Waals surface area (Å²) in [5, 5.41) is 11.9. The molecule has 0 radical (unpaired) electrons. The molecule has 1 amide bonds. The molecule has 2 N–H and O–H groups in total. The smallest absolute Gasteiger partial charge is 0.247 e. The molecule has 1 aromatic carbocycles. The Kier molecular flexibility index (Phi) is 5.42. The minimum Gasteiger partial charge on any atom is -0.380 e. The maximum absolute atomic E-state index is 12.7. The largest absolute Gasteiger partial charge is 0.380 e. The number of hydrogen-bond acceptors (Lipinski definition) is 5. The van der Waals surface area contributed by atoms with Crippen molar-refractivity contribution >= 4 is 35.1 Å². The number of carbonyl (C=O) groups is 1. The van der Waals surface area contributed by atoms with Crippen LogP contribution in [0.4, 0.5) is 5.69 Å². The standard InChI is InChI=1S/C17H18N4O2S2/c1-11(16(22)18-13-6-3-5-12(9-13)10-23-2)21-15(19-20-17(21)24)14-7-4-8-25-14/h3-9,11H,10H2,1-2H3,(H,18,22)(H,20,24). The van der Waals surface area contributed by atoms with Gasteiger partial charge < -0.3 is 10.1 Å². The molecule has 25 heavy (non-hydrogen) atoms. The van der Waals surface area contributed by atoms with Gasteiger partial charge in [-0.05, 0) is 48.3 Å². The number of anilines is 1. The maximum atomic E-state index is 12.7. The Morgan fingerprint density at radius 1 is 1.44 bits per heavy atom. The minimum atomic E-state index is -0.505. The lowest BCUT2D eigenvalue weighted by Crippen LogP contribution is -2.24. The van der Waals surface area contributed by atoms with Crippen LogP contribution < -0.4 is 5.32 Å². The van der Waals surface area contributed by atoms with E-state index in [0.29, 0.717) is 17.2 Å². The van der Waals surface area contributed by atoms with E-state index in [-0.39, 0.29) is 5.91 Å². The van der Waals surface area contributed by atoms with Crippen molar-refractivity contribution in [2.75, 3.05) is 12.4 Å². The van der Waals surface area contributed by atoms with Crippen LogP contribution in [0, 0.1) is 4.77 Å². The first-order valence-corrected chi connectivity index (χ1v) is 8.98. The Hall–Kier alpha value is -2.29. The first-order chi connectivity index (χ1) is 12.1. The number of rotatable bonds is 6. The van der Waals surface area contributed by atoms with Gasteiger partial charge >= 0.3 is 0 Å². The Morgan fingerprint density at radius 2 is 2.28 bits per heavy atom. The SMILES string of the molecule is COCc1cccc(NC(=O)C(C)n2c(-c3cccs3)n[nH]c2=S)c1. The van der Waals surface area contributed by atoms with Gasteiger partial charge in [-0.2, -0.15) is 5.10 Å². The van der Waals surface area contributed by atoms with Crippen molar-refractivity contribution in [2.45, 2.75) is 19.6 Å². The summed E-state index contributed by atoms with van der Waals surface area (Å²) in [5.41, 5.74) is 1.71. The lowest BCUT2D eigenvalue weighted by atomic mass is 10.2. The highest BCUT2D eigenvalue weighted by atomic mass is 32.1. The summed E-state index contributed by atoms with van der Waals surface area (Å²) in [5.74, 6) is 0.501. The molecule has 6 nitrogen and oxygen atoms in total. The number of aromatic amines is 1. The molecule has 3 aromatic rings. The maximum Gasteiger partial charge on any atom is 0.247 e. The zero-order valence-electron chi connectivity index (χ0n) is 13.9. The molecule has 0 spiro atoms. The van der Waals surface area contributed by atoms with Gasteiger partial charge in [0, 0.05) is 12.8 Å². The molecule has 0 saturated heterocycles. The Bertz CT molecular complexity index is 915. The number of H-pyrrole nitrogens is 1. The van der Waals surface area contributed by atoms with Gasteiger partial charge in [-0.3, -0.25) is 14.5 Å². The van der Waals surface area contributed by atoms with Crippen LogP contribution in [0.15, 0.2) is 41.8 Å². The second-order valence-electron chi connectivity index (χ2n) is 5.50. The van der Waals surface area contributed by atoms with Gasteiger partial charge in [0.15, 0.2) is 10.6 Å². The van der Waals surface area contributed by atoms with Crippen molar-refractivity contribution in [3.05, 3.63) is 52.1 Å². The molecule has 0 aliphatic rings. The van der Waals surface area contributed by atoms with Crippen LogP contribution in [0.25, 0.3) is 10.7 Å². The fourth-order valence-corrected chi connectivity index (χ4v) is 3.51. The summed E-state index contributed by atoms with van der Waals surface area (Å²) in [4.78, 5) is 13.7. The second kappa shape index (κ2) is 7.73. The molecule has 2 heterocycles. The van der Waals surface area contributed by atoms with E-state index in [1.807, 2.05) is 41.8 Å². The van der Waals surface area contributed by atoms with Crippen LogP contribution in [0.1, 0.15) is 18.5 Å². The van der Waals surface area contributed by atoms with E-state index in [2.05, 4.69) is 15.5 Å². The van der Waals surface area contributed by atoms with E-state index in [1.54, 1.807) is 29.9 Å². The third kappa shape index (κ3) is 3.87. The van der Waals surface area contributed by atoms with Crippen molar-refractivity contribution in [2.24, 2.45) is 0 Å². The van der Waals surface area contributed by atoms with Crippen LogP contribution >= 0.6 is 23.6 Å². The molecule has 2 aromatic heterocycles. The Morgan fingerprint density at radius 3 is 3.00 bits per heavy atom. The third-order valence-electron chi connectivity index (χ3n) is 3.72. The summed E-state index contributed by atoms with van der Waals surface area (Å²) in [6.07, 6.45) is 0. The zero-order chi connectivity index (χ0) is 17.8. The molecule has 130 valence electrons. The average Bonchev–Trinajstić information content (AvgIpc) is 3.24. The normalized spacial score (nSPS) is 12.1. The fourth-order valence-electron chi connectivity index (χ4n) is 2.51. The van der Waals surface area contributed by atoms with Crippen LogP contribution in [-0.4, -0.2) is 27.8 Å². The highest BCUT2D eigenvalue weighted by Crippen LogP contribution is 2.26. The van der Waals surface area contributed by atoms with E-state index in [0.717, 1.165) is 16.1 Å². The zero-order valence-corrected chi connectivity index (χ0v) is 15.5. The number of nitrogens with zero attached hydrogens (tertiary/aromatic N) is 2. The van der Waals surface area contributed by atoms with E-state index in [1.165, 1.54) is 0 Å². The van der Waals surface area contributed by atoms with Gasteiger partial charge in [-0.25, -0.2) is 0 Å². The Labute approximate surface area is 154 Å². The van der Waals surface area contributed by atoms with Crippen molar-refractivity contribution in [3.63, 3.8) is 0 Å². The molecule has 0 saturated carbocycles. The third-order valence-corrected chi connectivity index (χ3v) is 4.87. The summed E-state index contributed by atoms with van der Waals surface area (Å²) >= 11 is 6.86. The number of hydrogen-bond donors (Lipinski definition) is 2. The lowest BCUT2D eigenvalue weighted by molar-refractivity contribution is -0.118. The lowest BCUT2D eigenvalue weighted by Gasteiger charge is -2.15. The number of amides is 1. The molecule has 0 bridgehead atoms. The number of ether oxygens (including phenoxy) is 1. The number of aromatic nitrogens is 3. The van der Waals surface area contributed by atoms with E-state index >= 15 is 0 Å². The first-order valence-electron chi connectivity index (χ1n) is 7.69. The van der Waals surface area contributed by atoms with Gasteiger partial charge in [0.25, 0.3) is 0 Å². The monoisotopic (exact) mass is 374 g/mol. The van der Waals surface area contributed by atoms with Crippen molar-refractivity contribution in [3.8, 4) is 10.7 Å². The summed E-state index contributed by atoms with van der Waals surface area (Å²) in [6.45, 7) is 2.30. The number of carbonyl (C=O) groups excluding carboxylic acids is 1.